The number of thiazole rings is 1. The van der Waals surface area contributed by atoms with E-state index in [9.17, 15) is 19.8 Å². The second-order valence-electron chi connectivity index (χ2n) is 10.1. The molecule has 0 saturated carbocycles. The van der Waals surface area contributed by atoms with Crippen LogP contribution in [0, 0.1) is 17.3 Å². The van der Waals surface area contributed by atoms with Crippen molar-refractivity contribution in [1.82, 2.24) is 4.98 Å². The molecule has 8 heteroatoms. The van der Waals surface area contributed by atoms with Crippen molar-refractivity contribution in [3.63, 3.8) is 0 Å². The average Bonchev–Trinajstić information content (AvgIpc) is 3.26. The molecule has 2 heterocycles. The highest BCUT2D eigenvalue weighted by Gasteiger charge is 2.42. The molecule has 4 N–H and O–H groups in total. The number of hydrogen-bond acceptors (Lipinski definition) is 8. The number of nitrogens with zero attached hydrogens (tertiary/aromatic N) is 1. The largest absolute Gasteiger partial charge is 0.457 e. The quantitative estimate of drug-likeness (QED) is 0.417. The zero-order chi connectivity index (χ0) is 26.3. The van der Waals surface area contributed by atoms with Crippen molar-refractivity contribution >= 4 is 29.2 Å². The van der Waals surface area contributed by atoms with Gasteiger partial charge in [-0.1, -0.05) is 51.5 Å². The minimum Gasteiger partial charge on any atom is -0.457 e. The molecule has 1 aromatic rings. The molecule has 0 fully saturated rings. The van der Waals surface area contributed by atoms with Gasteiger partial charge in [-0.05, 0) is 31.9 Å². The summed E-state index contributed by atoms with van der Waals surface area (Å²) in [5, 5.41) is 24.3. The number of aliphatic hydroxyl groups is 2. The number of rotatable bonds is 3. The number of cyclic esters (lactones) is 1. The third-order valence-corrected chi connectivity index (χ3v) is 7.64. The van der Waals surface area contributed by atoms with Gasteiger partial charge in [0.05, 0.1) is 29.7 Å². The lowest BCUT2D eigenvalue weighted by Crippen LogP contribution is -2.45. The van der Waals surface area contributed by atoms with Crippen LogP contribution in [-0.4, -0.2) is 45.3 Å². The standard InChI is InChI=1S/C27H40N2O5S/c1-16-8-7-9-17(2)25(32)19(4)26(33)27(5,6)22(30)13-24(31)34-21(11-10-16)18(3)12-20-15-35-23(14-28)29-20/h7,9-10,12,15,17,19,21-22,25,30,32H,8,11,13-14,28H2,1-6H3/b9-7+,16-10-,18-12+/t17-,19+,21-,22?,25-/m0/s1. The van der Waals surface area contributed by atoms with E-state index in [0.29, 0.717) is 19.4 Å². The van der Waals surface area contributed by atoms with Crippen molar-refractivity contribution in [3.8, 4) is 0 Å². The Morgan fingerprint density at radius 1 is 1.31 bits per heavy atom. The number of Topliss-reactive ketones (excluding diaryl/α,β-unsaturated/α-hetero) is 1. The number of carbonyl (C=O) groups is 2. The van der Waals surface area contributed by atoms with E-state index < -0.39 is 35.6 Å². The summed E-state index contributed by atoms with van der Waals surface area (Å²) in [4.78, 5) is 30.5. The Morgan fingerprint density at radius 3 is 2.63 bits per heavy atom. The van der Waals surface area contributed by atoms with Crippen LogP contribution in [0.25, 0.3) is 6.08 Å². The van der Waals surface area contributed by atoms with Crippen LogP contribution in [0.5, 0.6) is 0 Å². The highest BCUT2D eigenvalue weighted by Crippen LogP contribution is 2.31. The van der Waals surface area contributed by atoms with E-state index in [0.717, 1.165) is 21.8 Å². The predicted octanol–water partition coefficient (Wildman–Crippen LogP) is 4.19. The first kappa shape index (κ1) is 29.1. The molecule has 0 amide bonds. The fourth-order valence-electron chi connectivity index (χ4n) is 4.09. The van der Waals surface area contributed by atoms with Crippen LogP contribution in [0.1, 0.15) is 71.5 Å². The Hall–Kier alpha value is -2.13. The molecular weight excluding hydrogens is 464 g/mol. The Labute approximate surface area is 212 Å². The van der Waals surface area contributed by atoms with E-state index in [1.54, 1.807) is 20.8 Å². The van der Waals surface area contributed by atoms with E-state index in [4.69, 9.17) is 10.5 Å². The van der Waals surface area contributed by atoms with Crippen LogP contribution < -0.4 is 5.73 Å². The minimum atomic E-state index is -1.25. The number of carbonyl (C=O) groups excluding carboxylic acids is 2. The number of aliphatic hydroxyl groups excluding tert-OH is 2. The molecule has 35 heavy (non-hydrogen) atoms. The maximum absolute atomic E-state index is 13.2. The second kappa shape index (κ2) is 12.7. The molecule has 0 aliphatic carbocycles. The van der Waals surface area contributed by atoms with Gasteiger partial charge < -0.3 is 20.7 Å². The molecule has 5 atom stereocenters. The van der Waals surface area contributed by atoms with E-state index in [1.807, 2.05) is 50.5 Å². The fourth-order valence-corrected chi connectivity index (χ4v) is 4.73. The van der Waals surface area contributed by atoms with E-state index in [-0.39, 0.29) is 18.1 Å². The topological polar surface area (TPSA) is 123 Å². The van der Waals surface area contributed by atoms with Crippen molar-refractivity contribution < 1.29 is 24.5 Å². The summed E-state index contributed by atoms with van der Waals surface area (Å²) in [5.41, 5.74) is 7.11. The van der Waals surface area contributed by atoms with Crippen LogP contribution in [0.2, 0.25) is 0 Å². The van der Waals surface area contributed by atoms with Crippen LogP contribution in [0.4, 0.5) is 0 Å². The maximum Gasteiger partial charge on any atom is 0.309 e. The van der Waals surface area contributed by atoms with Crippen molar-refractivity contribution in [2.45, 2.75) is 85.7 Å². The molecule has 0 spiro atoms. The zero-order valence-corrected chi connectivity index (χ0v) is 22.5. The molecule has 1 aromatic heterocycles. The van der Waals surface area contributed by atoms with E-state index >= 15 is 0 Å². The summed E-state index contributed by atoms with van der Waals surface area (Å²) in [6.45, 7) is 11.0. The van der Waals surface area contributed by atoms with Crippen molar-refractivity contribution in [3.05, 3.63) is 45.5 Å². The molecule has 194 valence electrons. The molecule has 0 radical (unpaired) electrons. The third-order valence-electron chi connectivity index (χ3n) is 6.75. The first-order valence-corrected chi connectivity index (χ1v) is 13.0. The van der Waals surface area contributed by atoms with E-state index in [1.165, 1.54) is 11.3 Å². The van der Waals surface area contributed by atoms with Crippen molar-refractivity contribution in [2.24, 2.45) is 23.0 Å². The highest BCUT2D eigenvalue weighted by molar-refractivity contribution is 7.09. The summed E-state index contributed by atoms with van der Waals surface area (Å²) >= 11 is 1.48. The smallest absolute Gasteiger partial charge is 0.309 e. The number of nitrogens with two attached hydrogens (primary N) is 1. The van der Waals surface area contributed by atoms with Gasteiger partial charge >= 0.3 is 5.97 Å². The average molecular weight is 505 g/mol. The lowest BCUT2D eigenvalue weighted by Gasteiger charge is -2.34. The summed E-state index contributed by atoms with van der Waals surface area (Å²) in [6, 6.07) is 0. The van der Waals surface area contributed by atoms with Gasteiger partial charge in [0, 0.05) is 30.2 Å². The van der Waals surface area contributed by atoms with Gasteiger partial charge in [0.15, 0.2) is 0 Å². The summed E-state index contributed by atoms with van der Waals surface area (Å²) in [5.74, 6) is -1.81. The Kier molecular flexibility index (Phi) is 10.6. The molecule has 7 nitrogen and oxygen atoms in total. The molecule has 1 aliphatic rings. The number of ketones is 1. The Balaban J connectivity index is 2.37. The summed E-state index contributed by atoms with van der Waals surface area (Å²) in [7, 11) is 0. The molecule has 0 aromatic carbocycles. The van der Waals surface area contributed by atoms with Gasteiger partial charge in [-0.15, -0.1) is 11.3 Å². The van der Waals surface area contributed by atoms with Gasteiger partial charge in [0.1, 0.15) is 16.9 Å². The number of ether oxygens (including phenoxy) is 1. The van der Waals surface area contributed by atoms with Gasteiger partial charge in [0.2, 0.25) is 0 Å². The van der Waals surface area contributed by atoms with Crippen LogP contribution in [0.3, 0.4) is 0 Å². The monoisotopic (exact) mass is 504 g/mol. The molecule has 1 unspecified atom stereocenters. The van der Waals surface area contributed by atoms with Gasteiger partial charge in [-0.25, -0.2) is 4.98 Å². The fraction of sp³-hybridized carbons (Fsp3) is 0.593. The normalized spacial score (nSPS) is 32.0. The molecule has 1 aliphatic heterocycles. The molecule has 0 bridgehead atoms. The van der Waals surface area contributed by atoms with Gasteiger partial charge in [-0.3, -0.25) is 9.59 Å². The second-order valence-corrected chi connectivity index (χ2v) is 11.0. The van der Waals surface area contributed by atoms with Crippen LogP contribution >= 0.6 is 11.3 Å². The maximum atomic E-state index is 13.2. The molecular formula is C27H40N2O5S. The summed E-state index contributed by atoms with van der Waals surface area (Å²) < 4.78 is 5.79. The van der Waals surface area contributed by atoms with E-state index in [2.05, 4.69) is 4.98 Å². The Bertz CT molecular complexity index is 978. The van der Waals surface area contributed by atoms with Crippen molar-refractivity contribution in [2.75, 3.05) is 0 Å². The molecule has 2 rings (SSSR count). The number of hydrogen-bond donors (Lipinski definition) is 3. The van der Waals surface area contributed by atoms with Crippen molar-refractivity contribution in [1.29, 1.82) is 0 Å². The Morgan fingerprint density at radius 2 is 2.00 bits per heavy atom. The van der Waals surface area contributed by atoms with Gasteiger partial charge in [0.25, 0.3) is 0 Å². The number of aromatic nitrogens is 1. The first-order valence-electron chi connectivity index (χ1n) is 12.1. The van der Waals surface area contributed by atoms with Crippen LogP contribution in [-0.2, 0) is 20.9 Å². The minimum absolute atomic E-state index is 0.234. The molecule has 0 saturated heterocycles. The first-order chi connectivity index (χ1) is 16.4. The lowest BCUT2D eigenvalue weighted by atomic mass is 9.73. The zero-order valence-electron chi connectivity index (χ0n) is 21.7. The van der Waals surface area contributed by atoms with Crippen LogP contribution in [0.15, 0.2) is 34.8 Å². The number of esters is 1. The van der Waals surface area contributed by atoms with Gasteiger partial charge in [-0.2, -0.15) is 0 Å². The number of allylic oxidation sites excluding steroid dienone is 2. The summed E-state index contributed by atoms with van der Waals surface area (Å²) in [6.07, 6.45) is 5.96. The lowest BCUT2D eigenvalue weighted by molar-refractivity contribution is -0.154. The highest BCUT2D eigenvalue weighted by atomic mass is 32.1. The predicted molar refractivity (Wildman–Crippen MR) is 139 cm³/mol. The third kappa shape index (κ3) is 7.93. The SMILES string of the molecule is C/C1=C/C[C@@H](/C(C)=C/c2csc(CN)n2)OC(=O)CC(O)C(C)(C)C(=O)[C@H](C)[C@@H](O)[C@@H](C)/C=C/C1.